The molecule has 0 aliphatic carbocycles. The van der Waals surface area contributed by atoms with E-state index in [2.05, 4.69) is 34.4 Å². The summed E-state index contributed by atoms with van der Waals surface area (Å²) in [5.74, 6) is -4.23. The van der Waals surface area contributed by atoms with Crippen LogP contribution in [0.15, 0.2) is 79.9 Å². The SMILES string of the molecule is C=CCCC(=O)N[C@@H](COC)[C@@H](OC(=O)[C@H]1[C@@H]2O[C@@]3(CC2Br)[C@@H]1C(=O)N([C@@H](CO)[C@@H](C)CC)[C@@H]3C(=O)N(CC=C)c1ccc(Cl)cc1)c1ccccc1. The Morgan fingerprint density at radius 1 is 1.17 bits per heavy atom. The van der Waals surface area contributed by atoms with Gasteiger partial charge in [0.05, 0.1) is 43.2 Å². The number of aliphatic hydroxyl groups excluding tert-OH is 1. The summed E-state index contributed by atoms with van der Waals surface area (Å²) in [6.45, 7) is 11.2. The minimum Gasteiger partial charge on any atom is -0.455 e. The standard InChI is InChI=1S/C40H49BrClN3O8/c1-6-9-15-31(47)43-29(23-51-5)34(25-13-11-10-12-14-25)52-39(50)32-33-37(48)45(30(22-46)24(4)8-3)36(40(33)21-28(41)35(32)53-40)38(49)44(20-7-2)27-18-16-26(42)17-19-27/h6-7,10-14,16-19,24,28-30,32-36,46H,1-2,8-9,15,20-23H2,3-5H3,(H,43,47)/t24-,28?,29-,30-,32+,33-,34-,35+,36+,40-/m0/s1. The van der Waals surface area contributed by atoms with E-state index in [4.69, 9.17) is 25.8 Å². The van der Waals surface area contributed by atoms with E-state index in [-0.39, 0.29) is 37.8 Å². The molecule has 2 N–H and O–H groups in total. The average Bonchev–Trinajstić information content (AvgIpc) is 3.75. The smallest absolute Gasteiger partial charge is 0.313 e. The van der Waals surface area contributed by atoms with Gasteiger partial charge in [-0.3, -0.25) is 19.2 Å². The van der Waals surface area contributed by atoms with E-state index in [0.29, 0.717) is 29.1 Å². The lowest BCUT2D eigenvalue weighted by Crippen LogP contribution is -2.60. The van der Waals surface area contributed by atoms with Crippen molar-refractivity contribution in [2.24, 2.45) is 17.8 Å². The van der Waals surface area contributed by atoms with Gasteiger partial charge in [-0.15, -0.1) is 13.2 Å². The number of nitrogens with one attached hydrogen (secondary N) is 1. The first-order valence-electron chi connectivity index (χ1n) is 18.0. The minimum absolute atomic E-state index is 0.0336. The fraction of sp³-hybridized carbons (Fsp3) is 0.500. The van der Waals surface area contributed by atoms with E-state index in [1.807, 2.05) is 19.9 Å². The number of amides is 3. The number of fused-ring (bicyclic) bond motifs is 1. The maximum Gasteiger partial charge on any atom is 0.313 e. The predicted octanol–water partition coefficient (Wildman–Crippen LogP) is 5.40. The highest BCUT2D eigenvalue weighted by Gasteiger charge is 2.78. The summed E-state index contributed by atoms with van der Waals surface area (Å²) in [6.07, 6.45) is 3.00. The third kappa shape index (κ3) is 7.98. The van der Waals surface area contributed by atoms with Crippen molar-refractivity contribution in [1.29, 1.82) is 0 Å². The van der Waals surface area contributed by atoms with Crippen LogP contribution < -0.4 is 10.2 Å². The number of hydrogen-bond donors (Lipinski definition) is 2. The molecule has 2 aromatic rings. The second kappa shape index (κ2) is 17.7. The van der Waals surface area contributed by atoms with Crippen molar-refractivity contribution >= 4 is 56.9 Å². The minimum atomic E-state index is -1.42. The van der Waals surface area contributed by atoms with Crippen LogP contribution in [0.3, 0.4) is 0 Å². The number of aliphatic hydroxyl groups is 1. The lowest BCUT2D eigenvalue weighted by molar-refractivity contribution is -0.163. The molecule has 10 atom stereocenters. The quantitative estimate of drug-likeness (QED) is 0.116. The van der Waals surface area contributed by atoms with E-state index >= 15 is 4.79 Å². The molecule has 3 saturated heterocycles. The van der Waals surface area contributed by atoms with Crippen molar-refractivity contribution in [3.05, 3.63) is 90.5 Å². The average molecular weight is 815 g/mol. The summed E-state index contributed by atoms with van der Waals surface area (Å²) in [7, 11) is 1.49. The molecule has 3 amide bonds. The maximum absolute atomic E-state index is 15.0. The Morgan fingerprint density at radius 3 is 2.47 bits per heavy atom. The van der Waals surface area contributed by atoms with Crippen LogP contribution in [0.1, 0.15) is 51.2 Å². The molecular weight excluding hydrogens is 766 g/mol. The second-order valence-corrected chi connectivity index (χ2v) is 15.6. The molecule has 53 heavy (non-hydrogen) atoms. The highest BCUT2D eigenvalue weighted by atomic mass is 79.9. The molecule has 1 unspecified atom stereocenters. The Balaban J connectivity index is 1.57. The van der Waals surface area contributed by atoms with Crippen LogP contribution in [0.25, 0.3) is 0 Å². The summed E-state index contributed by atoms with van der Waals surface area (Å²) in [4.78, 5) is 60.2. The lowest BCUT2D eigenvalue weighted by atomic mass is 9.70. The van der Waals surface area contributed by atoms with Crippen LogP contribution in [0, 0.1) is 17.8 Å². The highest BCUT2D eigenvalue weighted by molar-refractivity contribution is 9.09. The number of likely N-dealkylation sites (tertiary alicyclic amines) is 1. The molecule has 3 fully saturated rings. The number of nitrogens with zero attached hydrogens (tertiary/aromatic N) is 2. The van der Waals surface area contributed by atoms with Crippen LogP contribution in [-0.4, -0.2) is 95.2 Å². The third-order valence-electron chi connectivity index (χ3n) is 10.8. The number of allylic oxidation sites excluding steroid dienone is 1. The van der Waals surface area contributed by atoms with Gasteiger partial charge in [0.1, 0.15) is 17.7 Å². The molecular formula is C40H49BrClN3O8. The largest absolute Gasteiger partial charge is 0.455 e. The van der Waals surface area contributed by atoms with Crippen LogP contribution in [-0.2, 0) is 33.4 Å². The number of rotatable bonds is 18. The first kappa shape index (κ1) is 40.6. The van der Waals surface area contributed by atoms with Crippen LogP contribution in [0.2, 0.25) is 5.02 Å². The van der Waals surface area contributed by atoms with Crippen LogP contribution in [0.4, 0.5) is 5.69 Å². The van der Waals surface area contributed by atoms with E-state index in [9.17, 15) is 19.5 Å². The lowest BCUT2D eigenvalue weighted by Gasteiger charge is -2.41. The zero-order chi connectivity index (χ0) is 38.4. The fourth-order valence-electron chi connectivity index (χ4n) is 8.13. The number of methoxy groups -OCH3 is 1. The molecule has 286 valence electrons. The fourth-order valence-corrected chi connectivity index (χ4v) is 9.20. The number of carbonyl (C=O) groups excluding carboxylic acids is 4. The molecule has 13 heteroatoms. The monoisotopic (exact) mass is 813 g/mol. The normalized spacial score (nSPS) is 26.6. The van der Waals surface area contributed by atoms with Gasteiger partial charge in [0.15, 0.2) is 0 Å². The van der Waals surface area contributed by atoms with Crippen molar-refractivity contribution in [3.63, 3.8) is 0 Å². The van der Waals surface area contributed by atoms with Gasteiger partial charge in [-0.05, 0) is 48.6 Å². The Hall–Kier alpha value is -3.55. The van der Waals surface area contributed by atoms with Crippen molar-refractivity contribution in [2.45, 2.75) is 80.3 Å². The van der Waals surface area contributed by atoms with E-state index in [0.717, 1.165) is 0 Å². The number of benzene rings is 2. The van der Waals surface area contributed by atoms with E-state index in [1.165, 1.54) is 16.9 Å². The van der Waals surface area contributed by atoms with Gasteiger partial charge in [0.25, 0.3) is 5.91 Å². The summed E-state index contributed by atoms with van der Waals surface area (Å²) in [6, 6.07) is 13.1. The molecule has 1 spiro atoms. The molecule has 3 heterocycles. The number of anilines is 1. The zero-order valence-corrected chi connectivity index (χ0v) is 32.7. The number of hydrogen-bond acceptors (Lipinski definition) is 8. The molecule has 11 nitrogen and oxygen atoms in total. The van der Waals surface area contributed by atoms with Crippen molar-refractivity contribution < 1.29 is 38.5 Å². The summed E-state index contributed by atoms with van der Waals surface area (Å²) in [5, 5.41) is 14.2. The predicted molar refractivity (Wildman–Crippen MR) is 205 cm³/mol. The summed E-state index contributed by atoms with van der Waals surface area (Å²) in [5.41, 5.74) is -0.260. The highest BCUT2D eigenvalue weighted by Crippen LogP contribution is 2.61. The first-order valence-corrected chi connectivity index (χ1v) is 19.3. The Kier molecular flexibility index (Phi) is 13.6. The van der Waals surface area contributed by atoms with Crippen molar-refractivity contribution in [1.82, 2.24) is 10.2 Å². The summed E-state index contributed by atoms with van der Waals surface area (Å²) < 4.78 is 18.6. The van der Waals surface area contributed by atoms with Gasteiger partial charge >= 0.3 is 5.97 Å². The zero-order valence-electron chi connectivity index (χ0n) is 30.4. The summed E-state index contributed by atoms with van der Waals surface area (Å²) >= 11 is 9.93. The molecule has 0 radical (unpaired) electrons. The number of carbonyl (C=O) groups is 4. The number of halogens is 2. The molecule has 0 aromatic heterocycles. The second-order valence-electron chi connectivity index (χ2n) is 14.0. The molecule has 2 bridgehead atoms. The van der Waals surface area contributed by atoms with Gasteiger partial charge < -0.3 is 34.4 Å². The van der Waals surface area contributed by atoms with Crippen molar-refractivity contribution in [3.8, 4) is 0 Å². The third-order valence-corrected chi connectivity index (χ3v) is 11.9. The van der Waals surface area contributed by atoms with Gasteiger partial charge in [-0.1, -0.05) is 90.3 Å². The van der Waals surface area contributed by atoms with Crippen LogP contribution >= 0.6 is 27.5 Å². The Labute approximate surface area is 324 Å². The molecule has 3 aliphatic rings. The molecule has 3 aliphatic heterocycles. The van der Waals surface area contributed by atoms with E-state index < -0.39 is 77.0 Å². The van der Waals surface area contributed by atoms with Gasteiger partial charge in [-0.2, -0.15) is 0 Å². The van der Waals surface area contributed by atoms with Gasteiger partial charge in [0.2, 0.25) is 11.8 Å². The van der Waals surface area contributed by atoms with Gasteiger partial charge in [-0.25, -0.2) is 0 Å². The number of ether oxygens (including phenoxy) is 3. The van der Waals surface area contributed by atoms with Crippen LogP contribution in [0.5, 0.6) is 0 Å². The van der Waals surface area contributed by atoms with Gasteiger partial charge in [0, 0.05) is 35.6 Å². The molecule has 2 aromatic carbocycles. The Bertz CT molecular complexity index is 1650. The maximum atomic E-state index is 15.0. The topological polar surface area (TPSA) is 135 Å². The number of esters is 1. The molecule has 5 rings (SSSR count). The van der Waals surface area contributed by atoms with E-state index in [1.54, 1.807) is 60.7 Å². The Morgan fingerprint density at radius 2 is 1.87 bits per heavy atom. The molecule has 0 saturated carbocycles. The van der Waals surface area contributed by atoms with Crippen molar-refractivity contribution in [2.75, 3.05) is 31.8 Å². The first-order chi connectivity index (χ1) is 25.5. The number of alkyl halides is 1.